The fourth-order valence-corrected chi connectivity index (χ4v) is 5.96. The Morgan fingerprint density at radius 3 is 2.23 bits per heavy atom. The molecule has 2 aliphatic rings. The van der Waals surface area contributed by atoms with Gasteiger partial charge in [0.1, 0.15) is 9.92 Å². The molecule has 5 N–H and O–H groups in total. The molecule has 0 aliphatic heterocycles. The zero-order chi connectivity index (χ0) is 21.7. The van der Waals surface area contributed by atoms with Gasteiger partial charge in [0.05, 0.1) is 10.5 Å². The summed E-state index contributed by atoms with van der Waals surface area (Å²) in [4.78, 5) is 0.361. The van der Waals surface area contributed by atoms with Crippen LogP contribution < -0.4 is 10.5 Å². The summed E-state index contributed by atoms with van der Waals surface area (Å²) < 4.78 is 17.3. The summed E-state index contributed by atoms with van der Waals surface area (Å²) in [6.07, 6.45) is 4.93. The molecule has 2 aromatic carbocycles. The average Bonchev–Trinajstić information content (AvgIpc) is 3.28. The SMILES string of the molecule is Cc1cc(C(C)(C)O)ccc1[S@](N)(=O)=NC(O)Nc1c2c(cc3c1CCC3)CCC2. The van der Waals surface area contributed by atoms with Crippen LogP contribution in [0.5, 0.6) is 0 Å². The van der Waals surface area contributed by atoms with Crippen LogP contribution in [0.15, 0.2) is 33.5 Å². The molecule has 0 amide bonds. The van der Waals surface area contributed by atoms with Crippen LogP contribution in [0.25, 0.3) is 0 Å². The number of nitrogens with one attached hydrogen (secondary N) is 1. The van der Waals surface area contributed by atoms with E-state index < -0.39 is 21.9 Å². The Hall–Kier alpha value is -1.93. The number of rotatable bonds is 5. The summed E-state index contributed by atoms with van der Waals surface area (Å²) in [5.41, 5.74) is 6.50. The Bertz CT molecular complexity index is 1080. The largest absolute Gasteiger partial charge is 0.386 e. The van der Waals surface area contributed by atoms with Gasteiger partial charge in [-0.05, 0) is 98.7 Å². The van der Waals surface area contributed by atoms with Crippen LogP contribution in [0.4, 0.5) is 5.69 Å². The first kappa shape index (κ1) is 21.3. The van der Waals surface area contributed by atoms with Gasteiger partial charge in [0.25, 0.3) is 0 Å². The third-order valence-corrected chi connectivity index (χ3v) is 7.80. The van der Waals surface area contributed by atoms with Gasteiger partial charge >= 0.3 is 0 Å². The number of hydrogen-bond acceptors (Lipinski definition) is 5. The molecule has 2 atom stereocenters. The normalized spacial score (nSPS) is 18.5. The second kappa shape index (κ2) is 7.64. The maximum absolute atomic E-state index is 13.2. The number of hydrogen-bond donors (Lipinski definition) is 4. The number of aliphatic hydroxyl groups is 2. The van der Waals surface area contributed by atoms with E-state index in [-0.39, 0.29) is 0 Å². The number of benzene rings is 2. The fraction of sp³-hybridized carbons (Fsp3) is 0.478. The Morgan fingerprint density at radius 2 is 1.70 bits per heavy atom. The van der Waals surface area contributed by atoms with Crippen LogP contribution >= 0.6 is 0 Å². The van der Waals surface area contributed by atoms with Crippen molar-refractivity contribution < 1.29 is 14.4 Å². The smallest absolute Gasteiger partial charge is 0.233 e. The van der Waals surface area contributed by atoms with E-state index in [1.807, 2.05) is 0 Å². The lowest BCUT2D eigenvalue weighted by atomic mass is 9.97. The van der Waals surface area contributed by atoms with Crippen molar-refractivity contribution >= 4 is 15.6 Å². The molecular weight excluding hydrogens is 398 g/mol. The van der Waals surface area contributed by atoms with Gasteiger partial charge in [0.2, 0.25) is 6.35 Å². The van der Waals surface area contributed by atoms with E-state index >= 15 is 0 Å². The molecule has 30 heavy (non-hydrogen) atoms. The van der Waals surface area contributed by atoms with Crippen molar-refractivity contribution in [1.82, 2.24) is 0 Å². The molecule has 4 rings (SSSR count). The van der Waals surface area contributed by atoms with Crippen molar-refractivity contribution in [2.24, 2.45) is 9.50 Å². The summed E-state index contributed by atoms with van der Waals surface area (Å²) in [7, 11) is -3.32. The highest BCUT2D eigenvalue weighted by molar-refractivity contribution is 7.91. The summed E-state index contributed by atoms with van der Waals surface area (Å²) in [6.45, 7) is 5.16. The second-order valence-electron chi connectivity index (χ2n) is 8.97. The molecular formula is C23H31N3O3S. The molecule has 0 heterocycles. The predicted octanol–water partition coefficient (Wildman–Crippen LogP) is 3.29. The average molecular weight is 430 g/mol. The second-order valence-corrected chi connectivity index (χ2v) is 10.8. The van der Waals surface area contributed by atoms with Crippen molar-refractivity contribution in [3.63, 3.8) is 0 Å². The first-order valence-electron chi connectivity index (χ1n) is 10.5. The van der Waals surface area contributed by atoms with Crippen molar-refractivity contribution in [3.05, 3.63) is 57.6 Å². The molecule has 0 saturated carbocycles. The van der Waals surface area contributed by atoms with Gasteiger partial charge in [-0.3, -0.25) is 0 Å². The maximum atomic E-state index is 13.2. The van der Waals surface area contributed by atoms with Crippen LogP contribution in [0.1, 0.15) is 60.1 Å². The molecule has 0 saturated heterocycles. The Labute approximate surface area is 178 Å². The van der Waals surface area contributed by atoms with Gasteiger partial charge in [-0.15, -0.1) is 0 Å². The number of aryl methyl sites for hydroxylation is 3. The predicted molar refractivity (Wildman–Crippen MR) is 120 cm³/mol. The highest BCUT2D eigenvalue weighted by Crippen LogP contribution is 2.39. The van der Waals surface area contributed by atoms with E-state index in [9.17, 15) is 14.4 Å². The number of nitrogens with two attached hydrogens (primary N) is 1. The fourth-order valence-electron chi connectivity index (χ4n) is 4.71. The first-order valence-corrected chi connectivity index (χ1v) is 12.1. The van der Waals surface area contributed by atoms with E-state index in [1.54, 1.807) is 39.0 Å². The standard InChI is InChI=1S/C23H31N3O3S/c1-14-12-17(23(2,3)28)10-11-20(14)30(24,29)26-22(27)25-21-18-8-4-6-15(18)13-16-7-5-9-19(16)21/h10-13,22,25,27-28H,4-9H2,1-3H3,(H2,24,26,29)/t22?,30-/m1/s1. The molecule has 0 radical (unpaired) electrons. The molecule has 0 fully saturated rings. The molecule has 162 valence electrons. The van der Waals surface area contributed by atoms with Crippen LogP contribution in [0, 0.1) is 6.92 Å². The minimum Gasteiger partial charge on any atom is -0.386 e. The van der Waals surface area contributed by atoms with E-state index in [4.69, 9.17) is 5.14 Å². The van der Waals surface area contributed by atoms with Gasteiger partial charge in [-0.2, -0.15) is 4.36 Å². The zero-order valence-electron chi connectivity index (χ0n) is 17.9. The van der Waals surface area contributed by atoms with E-state index in [2.05, 4.69) is 15.7 Å². The van der Waals surface area contributed by atoms with Crippen molar-refractivity contribution in [2.75, 3.05) is 5.32 Å². The van der Waals surface area contributed by atoms with Gasteiger partial charge in [0, 0.05) is 5.69 Å². The summed E-state index contributed by atoms with van der Waals surface area (Å²) in [5, 5.41) is 30.0. The number of anilines is 1. The Balaban J connectivity index is 1.66. The Kier molecular flexibility index (Phi) is 5.43. The van der Waals surface area contributed by atoms with Crippen LogP contribution in [0.3, 0.4) is 0 Å². The highest BCUT2D eigenvalue weighted by atomic mass is 32.2. The zero-order valence-corrected chi connectivity index (χ0v) is 18.7. The molecule has 0 spiro atoms. The highest BCUT2D eigenvalue weighted by Gasteiger charge is 2.25. The van der Waals surface area contributed by atoms with Gasteiger partial charge < -0.3 is 15.5 Å². The lowest BCUT2D eigenvalue weighted by Crippen LogP contribution is -2.24. The topological polar surface area (TPSA) is 108 Å². The van der Waals surface area contributed by atoms with E-state index in [0.29, 0.717) is 16.0 Å². The summed E-state index contributed by atoms with van der Waals surface area (Å²) >= 11 is 0. The van der Waals surface area contributed by atoms with Crippen LogP contribution in [-0.4, -0.2) is 20.8 Å². The van der Waals surface area contributed by atoms with Crippen molar-refractivity contribution in [2.45, 2.75) is 76.1 Å². The molecule has 7 heteroatoms. The molecule has 0 bridgehead atoms. The third-order valence-electron chi connectivity index (χ3n) is 6.20. The maximum Gasteiger partial charge on any atom is 0.233 e. The van der Waals surface area contributed by atoms with Gasteiger partial charge in [-0.1, -0.05) is 18.2 Å². The molecule has 2 aromatic rings. The summed E-state index contributed by atoms with van der Waals surface area (Å²) in [6, 6.07) is 7.40. The number of aliphatic hydroxyl groups excluding tert-OH is 1. The van der Waals surface area contributed by atoms with E-state index in [0.717, 1.165) is 44.2 Å². The van der Waals surface area contributed by atoms with Crippen molar-refractivity contribution in [3.8, 4) is 0 Å². The minimum absolute atomic E-state index is 0.361. The molecule has 6 nitrogen and oxygen atoms in total. The molecule has 2 aliphatic carbocycles. The van der Waals surface area contributed by atoms with Crippen LogP contribution in [-0.2, 0) is 41.2 Å². The van der Waals surface area contributed by atoms with Gasteiger partial charge in [-0.25, -0.2) is 9.35 Å². The quantitative estimate of drug-likeness (QED) is 0.547. The lowest BCUT2D eigenvalue weighted by molar-refractivity contribution is 0.0784. The Morgan fingerprint density at radius 1 is 1.10 bits per heavy atom. The lowest BCUT2D eigenvalue weighted by Gasteiger charge is -2.21. The number of fused-ring (bicyclic) bond motifs is 2. The monoisotopic (exact) mass is 429 g/mol. The van der Waals surface area contributed by atoms with E-state index in [1.165, 1.54) is 22.3 Å². The van der Waals surface area contributed by atoms with Crippen LogP contribution in [0.2, 0.25) is 0 Å². The van der Waals surface area contributed by atoms with Gasteiger partial charge in [0.15, 0.2) is 0 Å². The minimum atomic E-state index is -3.32. The molecule has 1 unspecified atom stereocenters. The van der Waals surface area contributed by atoms with Crippen molar-refractivity contribution in [1.29, 1.82) is 0 Å². The third kappa shape index (κ3) is 3.99. The number of nitrogens with zero attached hydrogens (tertiary/aromatic N) is 1. The molecule has 0 aromatic heterocycles. The first-order chi connectivity index (χ1) is 14.1. The summed E-state index contributed by atoms with van der Waals surface area (Å²) in [5.74, 6) is 0.